The van der Waals surface area contributed by atoms with Gasteiger partial charge in [0.2, 0.25) is 0 Å². The number of carbonyl (C=O) groups excluding carboxylic acids is 3. The van der Waals surface area contributed by atoms with Gasteiger partial charge < -0.3 is 19.3 Å². The Bertz CT molecular complexity index is 1170. The number of aliphatic hydroxyl groups is 1. The van der Waals surface area contributed by atoms with Crippen LogP contribution in [0.5, 0.6) is 11.5 Å². The van der Waals surface area contributed by atoms with Gasteiger partial charge in [-0.05, 0) is 88.0 Å². The van der Waals surface area contributed by atoms with Crippen molar-refractivity contribution in [2.45, 2.75) is 194 Å². The average molecular weight is 753 g/mol. The smallest absolute Gasteiger partial charge is 0.330 e. The Balaban J connectivity index is 2.43. The molecule has 1 N–H and O–H groups in total. The van der Waals surface area contributed by atoms with E-state index in [9.17, 15) is 14.4 Å². The van der Waals surface area contributed by atoms with E-state index in [1.54, 1.807) is 18.2 Å². The molecular formula is C47H76O7. The molecule has 0 fully saturated rings. The highest BCUT2D eigenvalue weighted by Crippen LogP contribution is 2.30. The second kappa shape index (κ2) is 36.8. The van der Waals surface area contributed by atoms with Gasteiger partial charge in [-0.15, -0.1) is 0 Å². The van der Waals surface area contributed by atoms with Crippen molar-refractivity contribution < 1.29 is 33.7 Å². The van der Waals surface area contributed by atoms with Crippen LogP contribution in [0, 0.1) is 0 Å². The van der Waals surface area contributed by atoms with Crippen LogP contribution < -0.4 is 9.47 Å². The third-order valence-electron chi connectivity index (χ3n) is 9.45. The summed E-state index contributed by atoms with van der Waals surface area (Å²) < 4.78 is 16.2. The molecule has 54 heavy (non-hydrogen) atoms. The van der Waals surface area contributed by atoms with Crippen LogP contribution in [-0.4, -0.2) is 36.2 Å². The van der Waals surface area contributed by atoms with Crippen LogP contribution in [0.15, 0.2) is 48.6 Å². The molecule has 0 unspecified atom stereocenters. The summed E-state index contributed by atoms with van der Waals surface area (Å²) in [6, 6.07) is 4.85. The van der Waals surface area contributed by atoms with E-state index >= 15 is 0 Å². The van der Waals surface area contributed by atoms with Gasteiger partial charge in [0, 0.05) is 18.9 Å². The fourth-order valence-electron chi connectivity index (χ4n) is 6.18. The predicted octanol–water partition coefficient (Wildman–Crippen LogP) is 13.1. The third-order valence-corrected chi connectivity index (χ3v) is 9.45. The van der Waals surface area contributed by atoms with Gasteiger partial charge >= 0.3 is 17.9 Å². The van der Waals surface area contributed by atoms with E-state index in [0.29, 0.717) is 12.0 Å². The van der Waals surface area contributed by atoms with E-state index < -0.39 is 5.97 Å². The van der Waals surface area contributed by atoms with E-state index in [-0.39, 0.29) is 43.1 Å². The van der Waals surface area contributed by atoms with Gasteiger partial charge in [-0.2, -0.15) is 0 Å². The minimum absolute atomic E-state index is 0.0893. The molecule has 1 aromatic rings. The highest BCUT2D eigenvalue weighted by molar-refractivity contribution is 5.87. The maximum atomic E-state index is 12.8. The summed E-state index contributed by atoms with van der Waals surface area (Å²) in [5.74, 6) is -1.01. The number of ether oxygens (including phenoxy) is 3. The summed E-state index contributed by atoms with van der Waals surface area (Å²) in [7, 11) is 0. The first-order valence-electron chi connectivity index (χ1n) is 21.8. The largest absolute Gasteiger partial charge is 0.460 e. The lowest BCUT2D eigenvalue weighted by Gasteiger charge is -2.12. The first kappa shape index (κ1) is 48.8. The maximum Gasteiger partial charge on any atom is 0.330 e. The molecule has 0 radical (unpaired) electrons. The first-order chi connectivity index (χ1) is 26.5. The van der Waals surface area contributed by atoms with Crippen LogP contribution >= 0.6 is 0 Å². The maximum absolute atomic E-state index is 12.8. The van der Waals surface area contributed by atoms with Crippen molar-refractivity contribution in [2.75, 3.05) is 13.2 Å². The Kier molecular flexibility index (Phi) is 33.2. The molecule has 0 amide bonds. The SMILES string of the molecule is CCCCCCCC/C=C\CCCCCCCC(=O)Oc1ccc(/C=C/C(=O)OCCO)cc1OC(=O)CCCCCCC/C=C\CCCCCCCC. The molecule has 0 aliphatic heterocycles. The number of hydrogen-bond acceptors (Lipinski definition) is 7. The molecule has 0 aromatic heterocycles. The van der Waals surface area contributed by atoms with Crippen molar-refractivity contribution in [3.8, 4) is 11.5 Å². The topological polar surface area (TPSA) is 99.1 Å². The van der Waals surface area contributed by atoms with Gasteiger partial charge in [-0.3, -0.25) is 9.59 Å². The van der Waals surface area contributed by atoms with Crippen molar-refractivity contribution in [3.05, 3.63) is 54.1 Å². The number of esters is 3. The minimum Gasteiger partial charge on any atom is -0.460 e. The lowest BCUT2D eigenvalue weighted by atomic mass is 10.1. The van der Waals surface area contributed by atoms with Gasteiger partial charge in [0.15, 0.2) is 11.5 Å². The second-order valence-electron chi connectivity index (χ2n) is 14.5. The first-order valence-corrected chi connectivity index (χ1v) is 21.8. The summed E-state index contributed by atoms with van der Waals surface area (Å²) >= 11 is 0. The van der Waals surface area contributed by atoms with Crippen LogP contribution in [0.2, 0.25) is 0 Å². The van der Waals surface area contributed by atoms with Crippen molar-refractivity contribution >= 4 is 24.0 Å². The van der Waals surface area contributed by atoms with Crippen LogP contribution in [0.25, 0.3) is 6.08 Å². The molecule has 0 atom stereocenters. The highest BCUT2D eigenvalue weighted by Gasteiger charge is 2.15. The zero-order valence-corrected chi connectivity index (χ0v) is 34.3. The standard InChI is InChI=1S/C47H76O7/c1-3-5-7-9-11-13-15-17-19-21-23-25-27-29-31-33-46(50)53-43-37-35-42(36-38-45(49)52-40-39-48)41-44(43)54-47(51)34-32-30-28-26-24-22-20-18-16-14-12-10-8-6-4-2/h17-20,35-38,41,48H,3-16,21-34,39-40H2,1-2H3/b19-17-,20-18-,38-36+. The van der Waals surface area contributed by atoms with Crippen LogP contribution in [0.3, 0.4) is 0 Å². The lowest BCUT2D eigenvalue weighted by Crippen LogP contribution is -2.12. The molecule has 0 aliphatic rings. The quantitative estimate of drug-likeness (QED) is 0.0239. The van der Waals surface area contributed by atoms with Crippen molar-refractivity contribution in [1.29, 1.82) is 0 Å². The molecule has 0 saturated carbocycles. The van der Waals surface area contributed by atoms with Crippen molar-refractivity contribution in [1.82, 2.24) is 0 Å². The fraction of sp³-hybridized carbons (Fsp3) is 0.681. The number of aliphatic hydroxyl groups excluding tert-OH is 1. The Morgan fingerprint density at radius 3 is 1.39 bits per heavy atom. The molecule has 1 rings (SSSR count). The van der Waals surface area contributed by atoms with Crippen molar-refractivity contribution in [2.24, 2.45) is 0 Å². The van der Waals surface area contributed by atoms with Crippen LogP contribution in [0.4, 0.5) is 0 Å². The molecule has 7 heteroatoms. The highest BCUT2D eigenvalue weighted by atomic mass is 16.6. The van der Waals surface area contributed by atoms with Gasteiger partial charge in [0.05, 0.1) is 6.61 Å². The van der Waals surface area contributed by atoms with Crippen LogP contribution in [-0.2, 0) is 19.1 Å². The van der Waals surface area contributed by atoms with Crippen LogP contribution in [0.1, 0.15) is 199 Å². The minimum atomic E-state index is -0.595. The number of unbranched alkanes of at least 4 members (excludes halogenated alkanes) is 22. The van der Waals surface area contributed by atoms with Gasteiger partial charge in [0.25, 0.3) is 0 Å². The third kappa shape index (κ3) is 30.2. The summed E-state index contributed by atoms with van der Waals surface area (Å²) in [4.78, 5) is 37.4. The average Bonchev–Trinajstić information content (AvgIpc) is 3.17. The zero-order valence-electron chi connectivity index (χ0n) is 34.3. The Labute approximate surface area is 329 Å². The molecule has 0 spiro atoms. The lowest BCUT2D eigenvalue weighted by molar-refractivity contribution is -0.138. The summed E-state index contributed by atoms with van der Waals surface area (Å²) in [5, 5.41) is 8.88. The van der Waals surface area contributed by atoms with E-state index in [4.69, 9.17) is 19.3 Å². The monoisotopic (exact) mass is 753 g/mol. The van der Waals surface area contributed by atoms with Gasteiger partial charge in [0.1, 0.15) is 6.61 Å². The molecule has 7 nitrogen and oxygen atoms in total. The normalized spacial score (nSPS) is 11.6. The molecule has 306 valence electrons. The molecule has 0 saturated heterocycles. The Morgan fingerprint density at radius 2 is 0.944 bits per heavy atom. The molecule has 0 bridgehead atoms. The van der Waals surface area contributed by atoms with Crippen molar-refractivity contribution in [3.63, 3.8) is 0 Å². The molecule has 0 heterocycles. The number of rotatable bonds is 36. The Morgan fingerprint density at radius 1 is 0.537 bits per heavy atom. The zero-order chi connectivity index (χ0) is 39.2. The number of hydrogen-bond donors (Lipinski definition) is 1. The number of benzene rings is 1. The summed E-state index contributed by atoms with van der Waals surface area (Å²) in [6.07, 6.45) is 43.4. The summed E-state index contributed by atoms with van der Waals surface area (Å²) in [5.41, 5.74) is 0.580. The predicted molar refractivity (Wildman–Crippen MR) is 224 cm³/mol. The summed E-state index contributed by atoms with van der Waals surface area (Å²) in [6.45, 7) is 4.16. The number of allylic oxidation sites excluding steroid dienone is 4. The number of carbonyl (C=O) groups is 3. The fourth-order valence-corrected chi connectivity index (χ4v) is 6.18. The van der Waals surface area contributed by atoms with E-state index in [1.807, 2.05) is 0 Å². The van der Waals surface area contributed by atoms with E-state index in [2.05, 4.69) is 38.2 Å². The molecule has 0 aliphatic carbocycles. The van der Waals surface area contributed by atoms with E-state index in [0.717, 1.165) is 70.6 Å². The van der Waals surface area contributed by atoms with Gasteiger partial charge in [-0.25, -0.2) is 4.79 Å². The molecule has 1 aromatic carbocycles. The van der Waals surface area contributed by atoms with E-state index in [1.165, 1.54) is 108 Å². The molecular weight excluding hydrogens is 677 g/mol. The Hall–Kier alpha value is -3.19. The second-order valence-corrected chi connectivity index (χ2v) is 14.5. The van der Waals surface area contributed by atoms with Gasteiger partial charge in [-0.1, -0.05) is 147 Å².